The molecule has 0 saturated carbocycles. The maximum absolute atomic E-state index is 12.3. The first-order chi connectivity index (χ1) is 15.7. The summed E-state index contributed by atoms with van der Waals surface area (Å²) in [6.45, 7) is 3.13. The van der Waals surface area contributed by atoms with Gasteiger partial charge in [0.25, 0.3) is 5.69 Å². The average molecular weight is 475 g/mol. The van der Waals surface area contributed by atoms with Crippen LogP contribution in [0.2, 0.25) is 5.02 Å². The first-order valence-corrected chi connectivity index (χ1v) is 10.0. The van der Waals surface area contributed by atoms with E-state index in [1.54, 1.807) is 19.9 Å². The number of hydrogen-bond acceptors (Lipinski definition) is 9. The Morgan fingerprint density at radius 2 is 2.06 bits per heavy atom. The summed E-state index contributed by atoms with van der Waals surface area (Å²) < 4.78 is 20.7. The van der Waals surface area contributed by atoms with Gasteiger partial charge in [0.05, 0.1) is 23.7 Å². The molecule has 0 radical (unpaired) electrons. The van der Waals surface area contributed by atoms with Crippen LogP contribution in [0.4, 0.5) is 5.69 Å². The van der Waals surface area contributed by atoms with Crippen molar-refractivity contribution >= 4 is 41.2 Å². The fourth-order valence-electron chi connectivity index (χ4n) is 2.98. The predicted molar refractivity (Wildman–Crippen MR) is 119 cm³/mol. The molecule has 0 atom stereocenters. The Morgan fingerprint density at radius 1 is 1.30 bits per heavy atom. The second-order valence-electron chi connectivity index (χ2n) is 6.72. The SMILES string of the molecule is CCOC(=O)COc1c(Cl)cc(/C=C2\N=C(c3ccc([N+](=O)[O-])c(C)c3)OC2=O)cc1OC. The molecule has 3 rings (SSSR count). The van der Waals surface area contributed by atoms with Gasteiger partial charge in [-0.3, -0.25) is 10.1 Å². The normalized spacial score (nSPS) is 14.0. The predicted octanol–water partition coefficient (Wildman–Crippen LogP) is 3.85. The Balaban J connectivity index is 1.88. The number of carbonyl (C=O) groups is 2. The van der Waals surface area contributed by atoms with E-state index in [2.05, 4.69) is 4.99 Å². The number of ether oxygens (including phenoxy) is 4. The number of methoxy groups -OCH3 is 1. The fourth-order valence-corrected chi connectivity index (χ4v) is 3.25. The van der Waals surface area contributed by atoms with Gasteiger partial charge in [-0.15, -0.1) is 0 Å². The zero-order valence-electron chi connectivity index (χ0n) is 17.9. The van der Waals surface area contributed by atoms with Gasteiger partial charge in [0.2, 0.25) is 5.90 Å². The van der Waals surface area contributed by atoms with Gasteiger partial charge in [0.15, 0.2) is 23.8 Å². The van der Waals surface area contributed by atoms with Crippen molar-refractivity contribution in [1.29, 1.82) is 0 Å². The van der Waals surface area contributed by atoms with E-state index in [0.717, 1.165) is 0 Å². The third-order valence-electron chi connectivity index (χ3n) is 4.46. The van der Waals surface area contributed by atoms with Crippen molar-refractivity contribution in [2.24, 2.45) is 4.99 Å². The molecule has 0 N–H and O–H groups in total. The molecule has 0 aliphatic carbocycles. The van der Waals surface area contributed by atoms with E-state index in [0.29, 0.717) is 16.7 Å². The lowest BCUT2D eigenvalue weighted by molar-refractivity contribution is -0.385. The number of nitro benzene ring substituents is 1. The molecule has 0 unspecified atom stereocenters. The van der Waals surface area contributed by atoms with E-state index in [1.165, 1.54) is 37.5 Å². The van der Waals surface area contributed by atoms with E-state index in [-0.39, 0.29) is 47.0 Å². The maximum atomic E-state index is 12.3. The molecule has 33 heavy (non-hydrogen) atoms. The number of rotatable bonds is 8. The summed E-state index contributed by atoms with van der Waals surface area (Å²) in [5.74, 6) is -0.844. The topological polar surface area (TPSA) is 127 Å². The summed E-state index contributed by atoms with van der Waals surface area (Å²) in [4.78, 5) is 38.6. The van der Waals surface area contributed by atoms with E-state index < -0.39 is 16.9 Å². The molecule has 0 saturated heterocycles. The number of halogens is 1. The molecule has 11 heteroatoms. The minimum atomic E-state index is -0.696. The summed E-state index contributed by atoms with van der Waals surface area (Å²) in [6, 6.07) is 7.35. The summed E-state index contributed by atoms with van der Waals surface area (Å²) in [6.07, 6.45) is 1.44. The Kier molecular flexibility index (Phi) is 7.29. The molecule has 1 heterocycles. The Hall–Kier alpha value is -3.92. The highest BCUT2D eigenvalue weighted by atomic mass is 35.5. The van der Waals surface area contributed by atoms with Crippen LogP contribution >= 0.6 is 11.6 Å². The fraction of sp³-hybridized carbons (Fsp3) is 0.227. The van der Waals surface area contributed by atoms with Gasteiger partial charge in [-0.2, -0.15) is 0 Å². The molecule has 0 aromatic heterocycles. The molecule has 1 aliphatic rings. The average Bonchev–Trinajstić information content (AvgIpc) is 3.12. The van der Waals surface area contributed by atoms with Crippen molar-refractivity contribution in [2.45, 2.75) is 13.8 Å². The van der Waals surface area contributed by atoms with Crippen LogP contribution in [0.25, 0.3) is 6.08 Å². The van der Waals surface area contributed by atoms with Crippen LogP contribution in [-0.2, 0) is 19.1 Å². The Morgan fingerprint density at radius 3 is 2.70 bits per heavy atom. The minimum Gasteiger partial charge on any atom is -0.493 e. The first kappa shape index (κ1) is 23.7. The zero-order chi connectivity index (χ0) is 24.1. The Labute approximate surface area is 193 Å². The smallest absolute Gasteiger partial charge is 0.363 e. The monoisotopic (exact) mass is 474 g/mol. The summed E-state index contributed by atoms with van der Waals surface area (Å²) >= 11 is 6.28. The zero-order valence-corrected chi connectivity index (χ0v) is 18.7. The molecule has 0 fully saturated rings. The highest BCUT2D eigenvalue weighted by Gasteiger charge is 2.26. The molecule has 1 aliphatic heterocycles. The summed E-state index contributed by atoms with van der Waals surface area (Å²) in [7, 11) is 1.40. The number of carbonyl (C=O) groups excluding carboxylic acids is 2. The highest BCUT2D eigenvalue weighted by Crippen LogP contribution is 2.37. The summed E-state index contributed by atoms with van der Waals surface area (Å²) in [5.41, 5.74) is 1.25. The van der Waals surface area contributed by atoms with Crippen LogP contribution in [0.5, 0.6) is 11.5 Å². The van der Waals surface area contributed by atoms with Gasteiger partial charge >= 0.3 is 11.9 Å². The minimum absolute atomic E-state index is 0.000632. The Bertz CT molecular complexity index is 1190. The number of nitrogens with zero attached hydrogens (tertiary/aromatic N) is 2. The van der Waals surface area contributed by atoms with Gasteiger partial charge in [0.1, 0.15) is 0 Å². The molecule has 2 aromatic carbocycles. The van der Waals surface area contributed by atoms with Crippen molar-refractivity contribution in [1.82, 2.24) is 0 Å². The number of benzene rings is 2. The van der Waals surface area contributed by atoms with E-state index in [1.807, 2.05) is 0 Å². The second-order valence-corrected chi connectivity index (χ2v) is 7.13. The largest absolute Gasteiger partial charge is 0.493 e. The van der Waals surface area contributed by atoms with Gasteiger partial charge in [-0.25, -0.2) is 14.6 Å². The number of esters is 2. The lowest BCUT2D eigenvalue weighted by Gasteiger charge is -2.12. The van der Waals surface area contributed by atoms with Crippen molar-refractivity contribution in [2.75, 3.05) is 20.3 Å². The van der Waals surface area contributed by atoms with Crippen LogP contribution in [0, 0.1) is 17.0 Å². The van der Waals surface area contributed by atoms with Gasteiger partial charge in [-0.05, 0) is 49.8 Å². The van der Waals surface area contributed by atoms with Gasteiger partial charge in [-0.1, -0.05) is 11.6 Å². The van der Waals surface area contributed by atoms with Crippen LogP contribution in [-0.4, -0.2) is 43.1 Å². The molecule has 10 nitrogen and oxygen atoms in total. The number of hydrogen-bond donors (Lipinski definition) is 0. The molecule has 0 spiro atoms. The van der Waals surface area contributed by atoms with E-state index in [4.69, 9.17) is 30.5 Å². The van der Waals surface area contributed by atoms with E-state index in [9.17, 15) is 19.7 Å². The van der Waals surface area contributed by atoms with E-state index >= 15 is 0 Å². The molecule has 2 aromatic rings. The van der Waals surface area contributed by atoms with Gasteiger partial charge in [0, 0.05) is 17.2 Å². The molecule has 0 amide bonds. The van der Waals surface area contributed by atoms with Crippen molar-refractivity contribution in [3.63, 3.8) is 0 Å². The highest BCUT2D eigenvalue weighted by molar-refractivity contribution is 6.32. The maximum Gasteiger partial charge on any atom is 0.363 e. The van der Waals surface area contributed by atoms with Gasteiger partial charge < -0.3 is 18.9 Å². The molecule has 172 valence electrons. The van der Waals surface area contributed by atoms with Crippen molar-refractivity contribution < 1.29 is 33.5 Å². The summed E-state index contributed by atoms with van der Waals surface area (Å²) in [5, 5.41) is 11.1. The van der Waals surface area contributed by atoms with Crippen LogP contribution in [0.1, 0.15) is 23.6 Å². The number of cyclic esters (lactones) is 1. The molecule has 0 bridgehead atoms. The number of nitro groups is 1. The third kappa shape index (κ3) is 5.47. The van der Waals surface area contributed by atoms with Crippen LogP contribution < -0.4 is 9.47 Å². The lowest BCUT2D eigenvalue weighted by Crippen LogP contribution is -2.15. The second kappa shape index (κ2) is 10.1. The molecular formula is C22H19ClN2O8. The van der Waals surface area contributed by atoms with Crippen LogP contribution in [0.3, 0.4) is 0 Å². The third-order valence-corrected chi connectivity index (χ3v) is 4.74. The number of aliphatic imine (C=N–C) groups is 1. The quantitative estimate of drug-likeness (QED) is 0.244. The standard InChI is InChI=1S/C22H19ClN2O8/c1-4-31-19(26)11-32-20-15(23)8-13(10-18(20)30-3)9-16-22(27)33-21(24-16)14-5-6-17(25(28)29)12(2)7-14/h5-10H,4,11H2,1-3H3/b16-9-. The van der Waals surface area contributed by atoms with Crippen LogP contribution in [0.15, 0.2) is 41.0 Å². The number of aryl methyl sites for hydroxylation is 1. The molecular weight excluding hydrogens is 456 g/mol. The first-order valence-electron chi connectivity index (χ1n) is 9.67. The lowest BCUT2D eigenvalue weighted by atomic mass is 10.1. The van der Waals surface area contributed by atoms with Crippen molar-refractivity contribution in [3.8, 4) is 11.5 Å². The van der Waals surface area contributed by atoms with Crippen molar-refractivity contribution in [3.05, 3.63) is 67.9 Å².